The summed E-state index contributed by atoms with van der Waals surface area (Å²) in [5.74, 6) is -1.38. The van der Waals surface area contributed by atoms with Crippen LogP contribution in [0.2, 0.25) is 10.0 Å². The number of halogens is 2. The molecule has 0 fully saturated rings. The fourth-order valence-electron chi connectivity index (χ4n) is 1.88. The van der Waals surface area contributed by atoms with Gasteiger partial charge >= 0.3 is 5.97 Å². The third-order valence-corrected chi connectivity index (χ3v) is 3.72. The zero-order valence-corrected chi connectivity index (χ0v) is 14.6. The van der Waals surface area contributed by atoms with Gasteiger partial charge in [-0.1, -0.05) is 23.2 Å². The summed E-state index contributed by atoms with van der Waals surface area (Å²) in [7, 11) is 0. The van der Waals surface area contributed by atoms with E-state index in [2.05, 4.69) is 10.6 Å². The summed E-state index contributed by atoms with van der Waals surface area (Å²) in [5.41, 5.74) is 1.26. The highest BCUT2D eigenvalue weighted by Gasteiger charge is 2.11. The third kappa shape index (κ3) is 5.77. The van der Waals surface area contributed by atoms with Crippen molar-refractivity contribution in [1.29, 1.82) is 0 Å². The molecule has 25 heavy (non-hydrogen) atoms. The van der Waals surface area contributed by atoms with E-state index in [1.165, 1.54) is 25.1 Å². The number of hydrogen-bond donors (Lipinski definition) is 2. The van der Waals surface area contributed by atoms with E-state index in [4.69, 9.17) is 27.9 Å². The highest BCUT2D eigenvalue weighted by atomic mass is 35.5. The summed E-state index contributed by atoms with van der Waals surface area (Å²) in [6, 6.07) is 10.7. The Bertz CT molecular complexity index is 807. The molecule has 0 saturated heterocycles. The van der Waals surface area contributed by atoms with Crippen molar-refractivity contribution in [3.8, 4) is 0 Å². The van der Waals surface area contributed by atoms with Gasteiger partial charge in [0.1, 0.15) is 0 Å². The van der Waals surface area contributed by atoms with Crippen molar-refractivity contribution in [1.82, 2.24) is 0 Å². The zero-order chi connectivity index (χ0) is 18.4. The second kappa shape index (κ2) is 8.50. The summed E-state index contributed by atoms with van der Waals surface area (Å²) >= 11 is 11.6. The first-order valence-corrected chi connectivity index (χ1v) is 7.90. The second-order valence-corrected chi connectivity index (χ2v) is 5.83. The van der Waals surface area contributed by atoms with Crippen LogP contribution in [0.3, 0.4) is 0 Å². The second-order valence-electron chi connectivity index (χ2n) is 5.01. The molecule has 0 atom stereocenters. The van der Waals surface area contributed by atoms with Crippen molar-refractivity contribution in [2.75, 3.05) is 17.2 Å². The summed E-state index contributed by atoms with van der Waals surface area (Å²) in [6.45, 7) is 0.932. The molecule has 0 aliphatic heterocycles. The van der Waals surface area contributed by atoms with Crippen LogP contribution < -0.4 is 10.6 Å². The summed E-state index contributed by atoms with van der Waals surface area (Å²) < 4.78 is 4.94. The van der Waals surface area contributed by atoms with Crippen molar-refractivity contribution >= 4 is 52.4 Å². The van der Waals surface area contributed by atoms with Gasteiger partial charge in [-0.3, -0.25) is 9.59 Å². The number of amides is 2. The first-order chi connectivity index (χ1) is 11.8. The Morgan fingerprint density at radius 1 is 0.920 bits per heavy atom. The van der Waals surface area contributed by atoms with Gasteiger partial charge in [-0.05, 0) is 42.5 Å². The topological polar surface area (TPSA) is 84.5 Å². The van der Waals surface area contributed by atoms with Crippen LogP contribution in [0.1, 0.15) is 17.3 Å². The number of anilines is 2. The van der Waals surface area contributed by atoms with Crippen LogP contribution in [0.5, 0.6) is 0 Å². The molecule has 0 radical (unpaired) electrons. The highest BCUT2D eigenvalue weighted by Crippen LogP contribution is 2.24. The van der Waals surface area contributed by atoms with E-state index < -0.39 is 18.5 Å². The van der Waals surface area contributed by atoms with Gasteiger partial charge in [0.05, 0.1) is 15.6 Å². The number of esters is 1. The first-order valence-electron chi connectivity index (χ1n) is 7.15. The number of carbonyl (C=O) groups is 3. The number of ether oxygens (including phenoxy) is 1. The van der Waals surface area contributed by atoms with E-state index in [1.54, 1.807) is 24.3 Å². The Labute approximate surface area is 154 Å². The molecule has 2 aromatic carbocycles. The molecule has 2 rings (SSSR count). The summed E-state index contributed by atoms with van der Waals surface area (Å²) in [6.07, 6.45) is 0. The Morgan fingerprint density at radius 3 is 2.16 bits per heavy atom. The average Bonchev–Trinajstić information content (AvgIpc) is 2.56. The first kappa shape index (κ1) is 18.8. The van der Waals surface area contributed by atoms with Gasteiger partial charge in [0.15, 0.2) is 6.61 Å². The SMILES string of the molecule is CC(=O)Nc1ccc(C(=O)OCC(=O)Nc2ccc(Cl)c(Cl)c2)cc1. The minimum Gasteiger partial charge on any atom is -0.452 e. The maximum absolute atomic E-state index is 11.9. The Morgan fingerprint density at radius 2 is 1.56 bits per heavy atom. The molecule has 2 aromatic rings. The molecule has 0 bridgehead atoms. The maximum Gasteiger partial charge on any atom is 0.338 e. The predicted molar refractivity (Wildman–Crippen MR) is 96.1 cm³/mol. The molecular weight excluding hydrogens is 367 g/mol. The van der Waals surface area contributed by atoms with E-state index in [9.17, 15) is 14.4 Å². The van der Waals surface area contributed by atoms with Gasteiger partial charge in [0, 0.05) is 18.3 Å². The van der Waals surface area contributed by atoms with Crippen LogP contribution in [0.15, 0.2) is 42.5 Å². The van der Waals surface area contributed by atoms with Crippen molar-refractivity contribution in [2.24, 2.45) is 0 Å². The Kier molecular flexibility index (Phi) is 6.38. The van der Waals surface area contributed by atoms with Gasteiger partial charge in [0.25, 0.3) is 5.91 Å². The zero-order valence-electron chi connectivity index (χ0n) is 13.1. The molecular formula is C17H14Cl2N2O4. The van der Waals surface area contributed by atoms with Crippen molar-refractivity contribution in [3.63, 3.8) is 0 Å². The number of hydrogen-bond acceptors (Lipinski definition) is 4. The van der Waals surface area contributed by atoms with Gasteiger partial charge in [-0.25, -0.2) is 4.79 Å². The summed E-state index contributed by atoms with van der Waals surface area (Å²) in [5, 5.41) is 5.79. The van der Waals surface area contributed by atoms with Crippen molar-refractivity contribution in [2.45, 2.75) is 6.92 Å². The molecule has 0 saturated carbocycles. The lowest BCUT2D eigenvalue weighted by atomic mass is 10.2. The number of rotatable bonds is 5. The normalized spacial score (nSPS) is 10.0. The molecule has 8 heteroatoms. The molecule has 0 heterocycles. The molecule has 2 amide bonds. The number of benzene rings is 2. The summed E-state index contributed by atoms with van der Waals surface area (Å²) in [4.78, 5) is 34.7. The monoisotopic (exact) mass is 380 g/mol. The third-order valence-electron chi connectivity index (χ3n) is 2.98. The molecule has 0 spiro atoms. The molecule has 0 aliphatic carbocycles. The molecule has 0 aromatic heterocycles. The predicted octanol–water partition coefficient (Wildman–Crippen LogP) is 3.75. The minimum atomic E-state index is -0.654. The van der Waals surface area contributed by atoms with E-state index in [1.807, 2.05) is 0 Å². The van der Waals surface area contributed by atoms with Crippen LogP contribution >= 0.6 is 23.2 Å². The smallest absolute Gasteiger partial charge is 0.338 e. The molecule has 0 unspecified atom stereocenters. The van der Waals surface area contributed by atoms with E-state index >= 15 is 0 Å². The van der Waals surface area contributed by atoms with Crippen LogP contribution in [0, 0.1) is 0 Å². The van der Waals surface area contributed by atoms with Gasteiger partial charge in [0.2, 0.25) is 5.91 Å². The lowest BCUT2D eigenvalue weighted by molar-refractivity contribution is -0.119. The van der Waals surface area contributed by atoms with Crippen LogP contribution in [-0.4, -0.2) is 24.4 Å². The van der Waals surface area contributed by atoms with E-state index in [0.717, 1.165) is 0 Å². The minimum absolute atomic E-state index is 0.214. The fraction of sp³-hybridized carbons (Fsp3) is 0.118. The highest BCUT2D eigenvalue weighted by molar-refractivity contribution is 6.42. The van der Waals surface area contributed by atoms with Gasteiger partial charge in [-0.15, -0.1) is 0 Å². The Balaban J connectivity index is 1.87. The molecule has 130 valence electrons. The number of carbonyl (C=O) groups excluding carboxylic acids is 3. The van der Waals surface area contributed by atoms with Crippen LogP contribution in [0.25, 0.3) is 0 Å². The Hall–Kier alpha value is -2.57. The molecule has 0 aliphatic rings. The molecule has 6 nitrogen and oxygen atoms in total. The van der Waals surface area contributed by atoms with E-state index in [0.29, 0.717) is 21.4 Å². The van der Waals surface area contributed by atoms with E-state index in [-0.39, 0.29) is 11.5 Å². The molecule has 2 N–H and O–H groups in total. The maximum atomic E-state index is 11.9. The van der Waals surface area contributed by atoms with Gasteiger partial charge < -0.3 is 15.4 Å². The largest absolute Gasteiger partial charge is 0.452 e. The van der Waals surface area contributed by atoms with Crippen molar-refractivity contribution in [3.05, 3.63) is 58.1 Å². The lowest BCUT2D eigenvalue weighted by Crippen LogP contribution is -2.21. The quantitative estimate of drug-likeness (QED) is 0.773. The lowest BCUT2D eigenvalue weighted by Gasteiger charge is -2.08. The van der Waals surface area contributed by atoms with Crippen LogP contribution in [-0.2, 0) is 14.3 Å². The number of nitrogens with one attached hydrogen (secondary N) is 2. The van der Waals surface area contributed by atoms with Crippen molar-refractivity contribution < 1.29 is 19.1 Å². The van der Waals surface area contributed by atoms with Crippen LogP contribution in [0.4, 0.5) is 11.4 Å². The van der Waals surface area contributed by atoms with Gasteiger partial charge in [-0.2, -0.15) is 0 Å². The fourth-order valence-corrected chi connectivity index (χ4v) is 2.18. The average molecular weight is 381 g/mol. The standard InChI is InChI=1S/C17H14Cl2N2O4/c1-10(22)20-12-4-2-11(3-5-12)17(24)25-9-16(23)21-13-6-7-14(18)15(19)8-13/h2-8H,9H2,1H3,(H,20,22)(H,21,23).